The standard InChI is InChI=1S/2C24H47Cl3Si4/c2*1-18(2)28(25,19(3)4)31(24-16-14-13-15-17-24,29(26,20(5)6)21(7)8)30(27,22(9)10)23(11)12/h2*13-23H,1-12H3. The van der Waals surface area contributed by atoms with Gasteiger partial charge in [-0.15, -0.1) is 0 Å². The highest BCUT2D eigenvalue weighted by atomic mass is 35.6. The molecule has 2 rings (SSSR count). The Bertz CT molecular complexity index is 1350. The Morgan fingerprint density at radius 3 is 0.435 bits per heavy atom. The van der Waals surface area contributed by atoms with E-state index in [2.05, 4.69) is 227 Å². The van der Waals surface area contributed by atoms with Crippen molar-refractivity contribution in [3.63, 3.8) is 0 Å². The predicted molar refractivity (Wildman–Crippen MR) is 314 cm³/mol. The van der Waals surface area contributed by atoms with Crippen LogP contribution in [-0.4, -0.2) is 54.7 Å². The Hall–Kier alpha value is 1.92. The fourth-order valence-electron chi connectivity index (χ4n) is 13.7. The Labute approximate surface area is 420 Å². The van der Waals surface area contributed by atoms with E-state index < -0.39 is 54.7 Å². The van der Waals surface area contributed by atoms with Crippen molar-refractivity contribution in [3.8, 4) is 0 Å². The van der Waals surface area contributed by atoms with Crippen molar-refractivity contribution in [1.82, 2.24) is 0 Å². The van der Waals surface area contributed by atoms with Gasteiger partial charge in [0.05, 0.1) is 0 Å². The molecular weight excluding hydrogens is 1010 g/mol. The molecule has 2 aromatic rings. The van der Waals surface area contributed by atoms with Crippen LogP contribution in [0.15, 0.2) is 60.7 Å². The van der Waals surface area contributed by atoms with E-state index in [4.69, 9.17) is 66.5 Å². The Kier molecular flexibility index (Phi) is 23.2. The van der Waals surface area contributed by atoms with Crippen molar-refractivity contribution in [2.24, 2.45) is 0 Å². The van der Waals surface area contributed by atoms with Gasteiger partial charge in [0, 0.05) is 0 Å². The average Bonchev–Trinajstić information content (AvgIpc) is 3.17. The normalized spacial score (nSPS) is 14.7. The molecule has 0 nitrogen and oxygen atoms in total. The molecule has 2 aromatic carbocycles. The minimum atomic E-state index is -2.60. The van der Waals surface area contributed by atoms with Gasteiger partial charge < -0.3 is 0 Å². The number of halogens is 6. The molecule has 0 fully saturated rings. The van der Waals surface area contributed by atoms with Gasteiger partial charge in [-0.3, -0.25) is 0 Å². The minimum Gasteiger partial charge on any atom is -0.170 e. The second-order valence-corrected chi connectivity index (χ2v) is 104. The number of benzene rings is 2. The van der Waals surface area contributed by atoms with E-state index in [1.54, 1.807) is 0 Å². The third-order valence-corrected chi connectivity index (χ3v) is 185. The summed E-state index contributed by atoms with van der Waals surface area (Å²) in [6.07, 6.45) is 0. The summed E-state index contributed by atoms with van der Waals surface area (Å²) in [5, 5.41) is 2.96. The summed E-state index contributed by atoms with van der Waals surface area (Å²) < 4.78 is 0. The molecule has 0 unspecified atom stereocenters. The maximum Gasteiger partial charge on any atom is 0.155 e. The van der Waals surface area contributed by atoms with Gasteiger partial charge in [-0.25, -0.2) is 0 Å². The molecule has 14 heteroatoms. The van der Waals surface area contributed by atoms with Crippen LogP contribution in [0, 0.1) is 0 Å². The van der Waals surface area contributed by atoms with Crippen molar-refractivity contribution in [2.45, 2.75) is 233 Å². The van der Waals surface area contributed by atoms with Crippen molar-refractivity contribution in [1.29, 1.82) is 0 Å². The number of rotatable bonds is 20. The fraction of sp³-hybridized carbons (Fsp3) is 0.750. The Morgan fingerprint density at radius 1 is 0.226 bits per heavy atom. The summed E-state index contributed by atoms with van der Waals surface area (Å²) in [7, 11) is 0. The first-order valence-corrected chi connectivity index (χ1v) is 53.3. The van der Waals surface area contributed by atoms with Gasteiger partial charge in [-0.05, 0) is 66.5 Å². The van der Waals surface area contributed by atoms with Crippen molar-refractivity contribution < 1.29 is 0 Å². The van der Waals surface area contributed by atoms with Crippen LogP contribution in [0.5, 0.6) is 0 Å². The zero-order valence-electron chi connectivity index (χ0n) is 44.0. The SMILES string of the molecule is CC(C)[Si](Cl)(C(C)C)[Si](c1ccccc1)([Si](Cl)(C(C)C)C(C)C)[Si](Cl)(C(C)C)C(C)C.CC(C)[Si](Cl)(C(C)C)[Si](c1ccccc1)([Si](Cl)(C(C)C)C(C)C)[Si](Cl)(C(C)C)C(C)C. The molecule has 0 aliphatic heterocycles. The van der Waals surface area contributed by atoms with E-state index in [-0.39, 0.29) is 0 Å². The molecule has 0 heterocycles. The van der Waals surface area contributed by atoms with E-state index in [9.17, 15) is 0 Å². The van der Waals surface area contributed by atoms with Crippen LogP contribution in [0.25, 0.3) is 0 Å². The van der Waals surface area contributed by atoms with Crippen LogP contribution in [0.1, 0.15) is 166 Å². The summed E-state index contributed by atoms with van der Waals surface area (Å²) in [6, 6.07) is 22.6. The van der Waals surface area contributed by atoms with E-state index in [0.29, 0.717) is 66.5 Å². The average molecular weight is 1110 g/mol. The van der Waals surface area contributed by atoms with Crippen LogP contribution >= 0.6 is 66.5 Å². The summed E-state index contributed by atoms with van der Waals surface area (Å²) in [4.78, 5) is 0. The lowest BCUT2D eigenvalue weighted by Gasteiger charge is -2.65. The molecule has 0 bridgehead atoms. The van der Waals surface area contributed by atoms with E-state index >= 15 is 0 Å². The predicted octanol–water partition coefficient (Wildman–Crippen LogP) is 19.2. The van der Waals surface area contributed by atoms with Crippen LogP contribution < -0.4 is 10.4 Å². The largest absolute Gasteiger partial charge is 0.170 e. The highest BCUT2D eigenvalue weighted by Gasteiger charge is 2.82. The van der Waals surface area contributed by atoms with Gasteiger partial charge in [0.15, 0.2) is 41.4 Å². The van der Waals surface area contributed by atoms with Crippen LogP contribution in [0.4, 0.5) is 0 Å². The first-order valence-electron chi connectivity index (χ1n) is 24.3. The molecule has 0 aliphatic rings. The number of hydrogen-bond acceptors (Lipinski definition) is 0. The minimum absolute atomic E-state index is 0.423. The van der Waals surface area contributed by atoms with E-state index in [1.807, 2.05) is 0 Å². The van der Waals surface area contributed by atoms with Gasteiger partial charge in [0.2, 0.25) is 0 Å². The van der Waals surface area contributed by atoms with Crippen LogP contribution in [0.2, 0.25) is 66.5 Å². The molecule has 0 N–H and O–H groups in total. The monoisotopic (exact) mass is 1100 g/mol. The first-order chi connectivity index (χ1) is 28.0. The van der Waals surface area contributed by atoms with Gasteiger partial charge in [-0.1, -0.05) is 237 Å². The molecule has 62 heavy (non-hydrogen) atoms. The molecular formula is C48H94Cl6Si8. The van der Waals surface area contributed by atoms with Crippen molar-refractivity contribution >= 4 is 132 Å². The molecule has 360 valence electrons. The van der Waals surface area contributed by atoms with E-state index in [0.717, 1.165) is 0 Å². The summed E-state index contributed by atoms with van der Waals surface area (Å²) in [6.45, 7) is 37.0. The van der Waals surface area contributed by atoms with Gasteiger partial charge in [0.25, 0.3) is 0 Å². The summed E-state index contributed by atoms with van der Waals surface area (Å²) in [5.74, 6) is 0. The lowest BCUT2D eigenvalue weighted by atomic mass is 10.4. The topological polar surface area (TPSA) is 0 Å². The van der Waals surface area contributed by atoms with Gasteiger partial charge in [0.1, 0.15) is 13.3 Å². The maximum atomic E-state index is 8.31. The summed E-state index contributed by atoms with van der Waals surface area (Å²) in [5.41, 5.74) is 5.08. The molecule has 0 saturated heterocycles. The zero-order chi connectivity index (χ0) is 49.2. The molecule has 0 aliphatic carbocycles. The molecule has 0 spiro atoms. The third-order valence-electron chi connectivity index (χ3n) is 15.9. The second kappa shape index (κ2) is 23.2. The highest BCUT2D eigenvalue weighted by molar-refractivity contribution is 8.09. The quantitative estimate of drug-likeness (QED) is 0.0916. The molecule has 0 atom stereocenters. The van der Waals surface area contributed by atoms with Gasteiger partial charge >= 0.3 is 0 Å². The smallest absolute Gasteiger partial charge is 0.155 e. The molecule has 0 radical (unpaired) electrons. The third kappa shape index (κ3) is 9.45. The van der Waals surface area contributed by atoms with Crippen molar-refractivity contribution in [2.75, 3.05) is 0 Å². The maximum absolute atomic E-state index is 8.31. The highest BCUT2D eigenvalue weighted by Crippen LogP contribution is 2.63. The van der Waals surface area contributed by atoms with Crippen LogP contribution in [-0.2, 0) is 0 Å². The molecule has 0 saturated carbocycles. The van der Waals surface area contributed by atoms with Crippen molar-refractivity contribution in [3.05, 3.63) is 60.7 Å². The molecule has 0 aromatic heterocycles. The lowest BCUT2D eigenvalue weighted by molar-refractivity contribution is 0.923. The second-order valence-electron chi connectivity index (χ2n) is 22.7. The fourth-order valence-corrected chi connectivity index (χ4v) is 251. The molecule has 0 amide bonds. The first kappa shape index (κ1) is 61.9. The van der Waals surface area contributed by atoms with E-state index in [1.165, 1.54) is 10.4 Å². The van der Waals surface area contributed by atoms with Gasteiger partial charge in [-0.2, -0.15) is 66.5 Å². The Morgan fingerprint density at radius 2 is 0.339 bits per heavy atom. The Balaban J connectivity index is 0.000000620. The van der Waals surface area contributed by atoms with Crippen LogP contribution in [0.3, 0.4) is 0 Å². The number of hydrogen-bond donors (Lipinski definition) is 0. The summed E-state index contributed by atoms with van der Waals surface area (Å²) >= 11 is 49.9. The lowest BCUT2D eigenvalue weighted by Crippen LogP contribution is -2.93. The zero-order valence-corrected chi connectivity index (χ0v) is 56.5.